The van der Waals surface area contributed by atoms with Crippen molar-refractivity contribution in [2.75, 3.05) is 0 Å². The molecule has 2 rings (SSSR count). The minimum atomic E-state index is -0.927. The molecule has 0 saturated heterocycles. The highest BCUT2D eigenvalue weighted by Gasteiger charge is 2.13. The van der Waals surface area contributed by atoms with Crippen molar-refractivity contribution in [1.82, 2.24) is 0 Å². The summed E-state index contributed by atoms with van der Waals surface area (Å²) < 4.78 is 44.7. The Labute approximate surface area is 101 Å². The molecule has 2 aromatic rings. The maximum absolute atomic E-state index is 13.5. The third kappa shape index (κ3) is 2.62. The Balaban J connectivity index is 2.31. The fraction of sp³-hybridized carbons (Fsp3) is 0.0769. The van der Waals surface area contributed by atoms with E-state index in [1.807, 2.05) is 0 Å². The molecule has 0 heterocycles. The smallest absolute Gasteiger partial charge is 0.198 e. The molecule has 0 fully saturated rings. The van der Waals surface area contributed by atoms with Crippen molar-refractivity contribution in [1.29, 1.82) is 0 Å². The van der Waals surface area contributed by atoms with E-state index in [4.69, 9.17) is 9.84 Å². The molecule has 0 aliphatic rings. The van der Waals surface area contributed by atoms with E-state index in [1.165, 1.54) is 12.1 Å². The van der Waals surface area contributed by atoms with Crippen LogP contribution in [-0.2, 0) is 6.61 Å². The Morgan fingerprint density at radius 3 is 2.00 bits per heavy atom. The maximum atomic E-state index is 13.5. The molecule has 0 aromatic heterocycles. The fourth-order valence-electron chi connectivity index (χ4n) is 1.42. The quantitative estimate of drug-likeness (QED) is 0.909. The van der Waals surface area contributed by atoms with Crippen molar-refractivity contribution in [3.05, 3.63) is 59.4 Å². The molecule has 0 aliphatic carbocycles. The third-order valence-electron chi connectivity index (χ3n) is 2.27. The number of aliphatic hydroxyl groups is 1. The largest absolute Gasteiger partial charge is 0.451 e. The highest BCUT2D eigenvalue weighted by molar-refractivity contribution is 5.35. The summed E-state index contributed by atoms with van der Waals surface area (Å²) in [6.45, 7) is -0.468. The molecule has 0 aliphatic heterocycles. The van der Waals surface area contributed by atoms with Gasteiger partial charge in [0, 0.05) is 0 Å². The molecular weight excluding hydrogens is 245 g/mol. The molecule has 2 nitrogen and oxygen atoms in total. The van der Waals surface area contributed by atoms with Crippen LogP contribution in [0.25, 0.3) is 0 Å². The lowest BCUT2D eigenvalue weighted by Gasteiger charge is -2.09. The first-order valence-electron chi connectivity index (χ1n) is 5.12. The molecular formula is C13H9F3O2. The van der Waals surface area contributed by atoms with Crippen LogP contribution in [0, 0.1) is 17.5 Å². The van der Waals surface area contributed by atoms with Gasteiger partial charge in [-0.1, -0.05) is 0 Å². The van der Waals surface area contributed by atoms with Gasteiger partial charge in [-0.25, -0.2) is 13.2 Å². The van der Waals surface area contributed by atoms with Crippen LogP contribution in [0.3, 0.4) is 0 Å². The van der Waals surface area contributed by atoms with Crippen molar-refractivity contribution < 1.29 is 23.0 Å². The van der Waals surface area contributed by atoms with Crippen LogP contribution >= 0.6 is 0 Å². The van der Waals surface area contributed by atoms with E-state index in [-0.39, 0.29) is 11.3 Å². The molecule has 0 unspecified atom stereocenters. The van der Waals surface area contributed by atoms with E-state index in [2.05, 4.69) is 0 Å². The second kappa shape index (κ2) is 5.10. The molecule has 5 heteroatoms. The predicted molar refractivity (Wildman–Crippen MR) is 58.8 cm³/mol. The summed E-state index contributed by atoms with van der Waals surface area (Å²) >= 11 is 0. The van der Waals surface area contributed by atoms with Gasteiger partial charge in [0.05, 0.1) is 6.61 Å². The van der Waals surface area contributed by atoms with Crippen LogP contribution in [0.1, 0.15) is 5.56 Å². The second-order valence-corrected chi connectivity index (χ2v) is 3.60. The lowest BCUT2D eigenvalue weighted by atomic mass is 10.2. The molecule has 1 N–H and O–H groups in total. The Morgan fingerprint density at radius 1 is 0.944 bits per heavy atom. The van der Waals surface area contributed by atoms with Gasteiger partial charge in [0.25, 0.3) is 0 Å². The van der Waals surface area contributed by atoms with E-state index in [9.17, 15) is 13.2 Å². The number of rotatable bonds is 3. The van der Waals surface area contributed by atoms with Gasteiger partial charge < -0.3 is 9.84 Å². The number of ether oxygens (including phenoxy) is 1. The van der Waals surface area contributed by atoms with E-state index in [1.54, 1.807) is 0 Å². The number of halogens is 3. The van der Waals surface area contributed by atoms with Crippen molar-refractivity contribution >= 4 is 0 Å². The van der Waals surface area contributed by atoms with Crippen molar-refractivity contribution in [2.24, 2.45) is 0 Å². The molecule has 0 saturated carbocycles. The average molecular weight is 254 g/mol. The lowest BCUT2D eigenvalue weighted by Crippen LogP contribution is -1.95. The zero-order valence-corrected chi connectivity index (χ0v) is 9.16. The van der Waals surface area contributed by atoms with Crippen molar-refractivity contribution in [2.45, 2.75) is 6.61 Å². The van der Waals surface area contributed by atoms with Gasteiger partial charge in [-0.05, 0) is 42.0 Å². The number of aliphatic hydroxyl groups excluding tert-OH is 1. The molecule has 0 atom stereocenters. The Morgan fingerprint density at radius 2 is 1.50 bits per heavy atom. The normalized spacial score (nSPS) is 10.4. The standard InChI is InChI=1S/C13H9F3O2/c14-9-1-3-10(4-2-9)18-13-11(15)5-8(7-17)6-12(13)16/h1-6,17H,7H2. The van der Waals surface area contributed by atoms with Gasteiger partial charge in [0.1, 0.15) is 11.6 Å². The third-order valence-corrected chi connectivity index (χ3v) is 2.27. The molecule has 0 bridgehead atoms. The molecule has 18 heavy (non-hydrogen) atoms. The van der Waals surface area contributed by atoms with Crippen LogP contribution in [0.4, 0.5) is 13.2 Å². The van der Waals surface area contributed by atoms with Gasteiger partial charge in [0.15, 0.2) is 17.4 Å². The summed E-state index contributed by atoms with van der Waals surface area (Å²) in [6, 6.07) is 6.70. The number of hydrogen-bond donors (Lipinski definition) is 1. The van der Waals surface area contributed by atoms with Crippen molar-refractivity contribution in [3.63, 3.8) is 0 Å². The van der Waals surface area contributed by atoms with Crippen molar-refractivity contribution in [3.8, 4) is 11.5 Å². The predicted octanol–water partition coefficient (Wildman–Crippen LogP) is 3.39. The summed E-state index contributed by atoms with van der Waals surface area (Å²) in [5.74, 6) is -2.80. The minimum absolute atomic E-state index is 0.108. The SMILES string of the molecule is OCc1cc(F)c(Oc2ccc(F)cc2)c(F)c1. The van der Waals surface area contributed by atoms with Gasteiger partial charge in [-0.15, -0.1) is 0 Å². The second-order valence-electron chi connectivity index (χ2n) is 3.60. The Kier molecular flexibility index (Phi) is 3.53. The van der Waals surface area contributed by atoms with E-state index in [0.29, 0.717) is 0 Å². The Hall–Kier alpha value is -2.01. The summed E-state index contributed by atoms with van der Waals surface area (Å²) in [4.78, 5) is 0. The zero-order valence-electron chi connectivity index (χ0n) is 9.16. The van der Waals surface area contributed by atoms with Gasteiger partial charge >= 0.3 is 0 Å². The van der Waals surface area contributed by atoms with Crippen LogP contribution in [-0.4, -0.2) is 5.11 Å². The van der Waals surface area contributed by atoms with Crippen LogP contribution < -0.4 is 4.74 Å². The summed E-state index contributed by atoms with van der Waals surface area (Å²) in [7, 11) is 0. The highest BCUT2D eigenvalue weighted by atomic mass is 19.1. The minimum Gasteiger partial charge on any atom is -0.451 e. The molecule has 0 radical (unpaired) electrons. The number of hydrogen-bond acceptors (Lipinski definition) is 2. The topological polar surface area (TPSA) is 29.5 Å². The molecule has 2 aromatic carbocycles. The van der Waals surface area contributed by atoms with E-state index < -0.39 is 29.8 Å². The summed E-state index contributed by atoms with van der Waals surface area (Å²) in [5.41, 5.74) is 0.108. The van der Waals surface area contributed by atoms with Gasteiger partial charge in [0.2, 0.25) is 0 Å². The zero-order chi connectivity index (χ0) is 13.1. The van der Waals surface area contributed by atoms with Crippen LogP contribution in [0.2, 0.25) is 0 Å². The van der Waals surface area contributed by atoms with Gasteiger partial charge in [-0.3, -0.25) is 0 Å². The highest BCUT2D eigenvalue weighted by Crippen LogP contribution is 2.28. The first-order valence-corrected chi connectivity index (χ1v) is 5.12. The fourth-order valence-corrected chi connectivity index (χ4v) is 1.42. The first kappa shape index (κ1) is 12.4. The van der Waals surface area contributed by atoms with Crippen LogP contribution in [0.5, 0.6) is 11.5 Å². The number of benzene rings is 2. The monoisotopic (exact) mass is 254 g/mol. The lowest BCUT2D eigenvalue weighted by molar-refractivity contribution is 0.279. The molecule has 0 amide bonds. The first-order chi connectivity index (χ1) is 8.60. The van der Waals surface area contributed by atoms with Crippen LogP contribution in [0.15, 0.2) is 36.4 Å². The van der Waals surface area contributed by atoms with Gasteiger partial charge in [-0.2, -0.15) is 0 Å². The molecule has 0 spiro atoms. The Bertz CT molecular complexity index is 530. The summed E-state index contributed by atoms with van der Waals surface area (Å²) in [6.07, 6.45) is 0. The maximum Gasteiger partial charge on any atom is 0.198 e. The summed E-state index contributed by atoms with van der Waals surface area (Å²) in [5, 5.41) is 8.78. The molecule has 94 valence electrons. The average Bonchev–Trinajstić information content (AvgIpc) is 2.35. The van der Waals surface area contributed by atoms with E-state index in [0.717, 1.165) is 24.3 Å². The van der Waals surface area contributed by atoms with E-state index >= 15 is 0 Å².